The highest BCUT2D eigenvalue weighted by Gasteiger charge is 2.24. The van der Waals surface area contributed by atoms with Crippen molar-refractivity contribution in [2.45, 2.75) is 33.0 Å². The summed E-state index contributed by atoms with van der Waals surface area (Å²) in [6, 6.07) is 11.3. The zero-order chi connectivity index (χ0) is 21.8. The molecule has 8 heteroatoms. The third-order valence-electron chi connectivity index (χ3n) is 5.01. The summed E-state index contributed by atoms with van der Waals surface area (Å²) >= 11 is 0. The summed E-state index contributed by atoms with van der Waals surface area (Å²) in [5, 5.41) is 3.14. The molecular weight excluding hydrogens is 394 g/mol. The molecule has 31 heavy (non-hydrogen) atoms. The summed E-state index contributed by atoms with van der Waals surface area (Å²) in [5.41, 5.74) is 2.06. The van der Waals surface area contributed by atoms with Crippen molar-refractivity contribution in [3.8, 4) is 16.9 Å². The number of hydrogen-bond donors (Lipinski definition) is 2. The number of aromatic amines is 1. The maximum absolute atomic E-state index is 12.4. The Kier molecular flexibility index (Phi) is 6.18. The van der Waals surface area contributed by atoms with E-state index in [1.165, 1.54) is 0 Å². The minimum atomic E-state index is -0.219. The predicted octanol–water partition coefficient (Wildman–Crippen LogP) is 3.59. The zero-order valence-electron chi connectivity index (χ0n) is 18.0. The minimum Gasteiger partial charge on any atom is -0.494 e. The molecule has 4 rings (SSSR count). The van der Waals surface area contributed by atoms with Crippen LogP contribution in [0.1, 0.15) is 20.8 Å². The van der Waals surface area contributed by atoms with Crippen LogP contribution in [0.5, 0.6) is 5.75 Å². The molecule has 2 aromatic heterocycles. The van der Waals surface area contributed by atoms with E-state index in [2.05, 4.69) is 25.2 Å². The van der Waals surface area contributed by atoms with Crippen molar-refractivity contribution in [1.82, 2.24) is 15.0 Å². The summed E-state index contributed by atoms with van der Waals surface area (Å²) in [4.78, 5) is 26.3. The maximum Gasteiger partial charge on any atom is 0.271 e. The number of ether oxygens (including phenoxy) is 2. The smallest absolute Gasteiger partial charge is 0.271 e. The summed E-state index contributed by atoms with van der Waals surface area (Å²) < 4.78 is 11.3. The van der Waals surface area contributed by atoms with Crippen molar-refractivity contribution in [1.29, 1.82) is 0 Å². The van der Waals surface area contributed by atoms with Crippen LogP contribution in [0.4, 0.5) is 17.5 Å². The van der Waals surface area contributed by atoms with Crippen molar-refractivity contribution in [2.24, 2.45) is 0 Å². The van der Waals surface area contributed by atoms with Gasteiger partial charge in [0, 0.05) is 31.0 Å². The molecule has 2 N–H and O–H groups in total. The van der Waals surface area contributed by atoms with Crippen molar-refractivity contribution in [3.63, 3.8) is 0 Å². The van der Waals surface area contributed by atoms with Crippen molar-refractivity contribution in [3.05, 3.63) is 59.1 Å². The van der Waals surface area contributed by atoms with E-state index >= 15 is 0 Å². The lowest BCUT2D eigenvalue weighted by molar-refractivity contribution is -0.00571. The van der Waals surface area contributed by atoms with Crippen LogP contribution in [-0.2, 0) is 4.74 Å². The van der Waals surface area contributed by atoms with E-state index in [0.717, 1.165) is 30.0 Å². The van der Waals surface area contributed by atoms with Crippen molar-refractivity contribution < 1.29 is 9.47 Å². The van der Waals surface area contributed by atoms with Gasteiger partial charge in [0.05, 0.1) is 18.8 Å². The Bertz CT molecular complexity index is 1070. The molecular formula is C23H27N5O3. The third kappa shape index (κ3) is 5.03. The number of H-pyrrole nitrogens is 1. The fourth-order valence-electron chi connectivity index (χ4n) is 3.70. The van der Waals surface area contributed by atoms with Gasteiger partial charge in [0.25, 0.3) is 5.56 Å². The summed E-state index contributed by atoms with van der Waals surface area (Å²) in [5.74, 6) is 1.99. The monoisotopic (exact) mass is 421 g/mol. The Morgan fingerprint density at radius 2 is 1.90 bits per heavy atom. The second-order valence-corrected chi connectivity index (χ2v) is 7.62. The van der Waals surface area contributed by atoms with Crippen LogP contribution >= 0.6 is 0 Å². The average Bonchev–Trinajstić information content (AvgIpc) is 2.76. The largest absolute Gasteiger partial charge is 0.494 e. The fraction of sp³-hybridized carbons (Fsp3) is 0.348. The van der Waals surface area contributed by atoms with Gasteiger partial charge in [-0.2, -0.15) is 4.98 Å². The molecule has 0 aliphatic carbocycles. The van der Waals surface area contributed by atoms with Crippen LogP contribution in [0.15, 0.2) is 53.6 Å². The quantitative estimate of drug-likeness (QED) is 0.628. The second-order valence-electron chi connectivity index (χ2n) is 7.62. The number of pyridine rings is 1. The van der Waals surface area contributed by atoms with Crippen LogP contribution in [0, 0.1) is 0 Å². The Morgan fingerprint density at radius 3 is 2.61 bits per heavy atom. The van der Waals surface area contributed by atoms with Gasteiger partial charge in [-0.3, -0.25) is 4.79 Å². The number of rotatable bonds is 6. The number of anilines is 3. The first-order chi connectivity index (χ1) is 15.0. The first kappa shape index (κ1) is 20.9. The first-order valence-electron chi connectivity index (χ1n) is 10.5. The molecule has 3 aromatic rings. The molecule has 3 heterocycles. The SMILES string of the molecule is CCOc1ccc(-c2c[nH]c(=O)c(Nc3ccnc(N4C[C@@H](C)O[C@@H](C)C4)n3)c2)cc1. The van der Waals surface area contributed by atoms with Gasteiger partial charge in [-0.15, -0.1) is 0 Å². The van der Waals surface area contributed by atoms with E-state index in [0.29, 0.717) is 24.1 Å². The maximum atomic E-state index is 12.4. The van der Waals surface area contributed by atoms with Crippen LogP contribution in [-0.4, -0.2) is 46.9 Å². The lowest BCUT2D eigenvalue weighted by Gasteiger charge is -2.35. The fourth-order valence-corrected chi connectivity index (χ4v) is 3.70. The summed E-state index contributed by atoms with van der Waals surface area (Å²) in [7, 11) is 0. The highest BCUT2D eigenvalue weighted by atomic mass is 16.5. The van der Waals surface area contributed by atoms with Crippen LogP contribution < -0.4 is 20.5 Å². The highest BCUT2D eigenvalue weighted by Crippen LogP contribution is 2.24. The minimum absolute atomic E-state index is 0.109. The van der Waals surface area contributed by atoms with Crippen LogP contribution in [0.3, 0.4) is 0 Å². The van der Waals surface area contributed by atoms with Gasteiger partial charge in [-0.25, -0.2) is 4.98 Å². The molecule has 1 fully saturated rings. The van der Waals surface area contributed by atoms with Crippen LogP contribution in [0.2, 0.25) is 0 Å². The van der Waals surface area contributed by atoms with Crippen LogP contribution in [0.25, 0.3) is 11.1 Å². The van der Waals surface area contributed by atoms with E-state index in [9.17, 15) is 4.79 Å². The molecule has 8 nitrogen and oxygen atoms in total. The Labute approximate surface area is 181 Å². The molecule has 1 aromatic carbocycles. The summed E-state index contributed by atoms with van der Waals surface area (Å²) in [6.45, 7) is 8.10. The topological polar surface area (TPSA) is 92.4 Å². The number of benzene rings is 1. The molecule has 0 saturated carbocycles. The Hall–Kier alpha value is -3.39. The van der Waals surface area contributed by atoms with Gasteiger partial charge in [0.1, 0.15) is 17.3 Å². The molecule has 0 unspecified atom stereocenters. The highest BCUT2D eigenvalue weighted by molar-refractivity contribution is 5.69. The summed E-state index contributed by atoms with van der Waals surface area (Å²) in [6.07, 6.45) is 3.61. The van der Waals surface area contributed by atoms with Crippen molar-refractivity contribution >= 4 is 17.5 Å². The predicted molar refractivity (Wildman–Crippen MR) is 121 cm³/mol. The van der Waals surface area contributed by atoms with Gasteiger partial charge < -0.3 is 24.7 Å². The molecule has 162 valence electrons. The zero-order valence-corrected chi connectivity index (χ0v) is 18.0. The van der Waals surface area contributed by atoms with Crippen molar-refractivity contribution in [2.75, 3.05) is 29.9 Å². The second kappa shape index (κ2) is 9.18. The van der Waals surface area contributed by atoms with Gasteiger partial charge >= 0.3 is 0 Å². The molecule has 1 aliphatic heterocycles. The molecule has 1 saturated heterocycles. The van der Waals surface area contributed by atoms with E-state index in [1.807, 2.05) is 51.1 Å². The molecule has 0 bridgehead atoms. The lowest BCUT2D eigenvalue weighted by Crippen LogP contribution is -2.46. The van der Waals surface area contributed by atoms with Gasteiger partial charge in [-0.1, -0.05) is 12.1 Å². The average molecular weight is 422 g/mol. The number of aromatic nitrogens is 3. The van der Waals surface area contributed by atoms with E-state index < -0.39 is 0 Å². The Balaban J connectivity index is 1.55. The molecule has 1 aliphatic rings. The number of morpholine rings is 1. The normalized spacial score (nSPS) is 18.6. The number of hydrogen-bond acceptors (Lipinski definition) is 7. The molecule has 0 amide bonds. The number of nitrogens with one attached hydrogen (secondary N) is 2. The van der Waals surface area contributed by atoms with Gasteiger partial charge in [-0.05, 0) is 50.6 Å². The van der Waals surface area contributed by atoms with E-state index in [4.69, 9.17) is 9.47 Å². The van der Waals surface area contributed by atoms with Gasteiger partial charge in [0.15, 0.2) is 0 Å². The van der Waals surface area contributed by atoms with E-state index in [1.54, 1.807) is 18.5 Å². The molecule has 2 atom stereocenters. The first-order valence-corrected chi connectivity index (χ1v) is 10.5. The lowest BCUT2D eigenvalue weighted by atomic mass is 10.1. The number of nitrogens with zero attached hydrogens (tertiary/aromatic N) is 3. The third-order valence-corrected chi connectivity index (χ3v) is 5.01. The molecule has 0 radical (unpaired) electrons. The van der Waals surface area contributed by atoms with Gasteiger partial charge in [0.2, 0.25) is 5.95 Å². The molecule has 0 spiro atoms. The Morgan fingerprint density at radius 1 is 1.16 bits per heavy atom. The van der Waals surface area contributed by atoms with E-state index in [-0.39, 0.29) is 17.8 Å². The standard InChI is InChI=1S/C23H27N5O3/c1-4-30-19-7-5-17(6-8-19)18-11-20(22(29)25-12-18)26-21-9-10-24-23(27-21)28-13-15(2)31-16(3)14-28/h5-12,15-16H,4,13-14H2,1-3H3,(H,25,29)(H,24,26,27)/t15-,16+.